The molecule has 0 aromatic heterocycles. The summed E-state index contributed by atoms with van der Waals surface area (Å²) >= 11 is 1.66. The Morgan fingerprint density at radius 2 is 1.81 bits per heavy atom. The minimum atomic E-state index is -4.59. The number of alkyl halides is 3. The van der Waals surface area contributed by atoms with Gasteiger partial charge in [0.1, 0.15) is 0 Å². The van der Waals surface area contributed by atoms with Crippen LogP contribution in [0.3, 0.4) is 0 Å². The van der Waals surface area contributed by atoms with Crippen molar-refractivity contribution in [3.63, 3.8) is 0 Å². The molecule has 0 saturated carbocycles. The number of carbonyl (C=O) groups excluding carboxylic acids is 2. The molecule has 0 unspecified atom stereocenters. The first kappa shape index (κ1) is 11.4. The number of nitrogens with one attached hydrogen (secondary N) is 1. The van der Waals surface area contributed by atoms with E-state index in [9.17, 15) is 22.8 Å². The lowest BCUT2D eigenvalue weighted by Crippen LogP contribution is -2.13. The maximum absolute atomic E-state index is 12.6. The van der Waals surface area contributed by atoms with E-state index in [0.717, 1.165) is 6.07 Å². The van der Waals surface area contributed by atoms with Gasteiger partial charge in [0.05, 0.1) is 16.8 Å². The van der Waals surface area contributed by atoms with Crippen molar-refractivity contribution < 1.29 is 22.8 Å². The van der Waals surface area contributed by atoms with Crippen molar-refractivity contribution in [1.29, 1.82) is 0 Å². The second-order valence-electron chi connectivity index (χ2n) is 3.16. The predicted molar refractivity (Wildman–Crippen MR) is 57.1 cm³/mol. The molecule has 0 spiro atoms. The van der Waals surface area contributed by atoms with Crippen molar-refractivity contribution >= 4 is 40.0 Å². The van der Waals surface area contributed by atoms with Crippen LogP contribution in [0.1, 0.15) is 15.9 Å². The van der Waals surface area contributed by atoms with Gasteiger partial charge in [0.25, 0.3) is 11.7 Å². The number of hydrogen-bond donors (Lipinski definition) is 1. The van der Waals surface area contributed by atoms with Crippen LogP contribution in [0.2, 0.25) is 0 Å². The number of hydrogen-bond acceptors (Lipinski definition) is 2. The summed E-state index contributed by atoms with van der Waals surface area (Å²) in [5, 5.41) is 1.94. The first-order valence-corrected chi connectivity index (χ1v) is 5.15. The molecule has 1 aromatic carbocycles. The van der Waals surface area contributed by atoms with E-state index in [1.165, 1.54) is 6.07 Å². The molecule has 1 amide bonds. The number of Topliss-reactive ketones (excluding diaryl/α,β-unsaturated/α-hetero) is 1. The lowest BCUT2D eigenvalue weighted by molar-refractivity contribution is -0.137. The monoisotopic (exact) mass is 341 g/mol. The number of ketones is 1. The van der Waals surface area contributed by atoms with Gasteiger partial charge in [-0.3, -0.25) is 9.59 Å². The Balaban J connectivity index is 2.72. The molecule has 0 bridgehead atoms. The maximum Gasteiger partial charge on any atom is 0.418 e. The van der Waals surface area contributed by atoms with E-state index in [-0.39, 0.29) is 9.13 Å². The molecule has 7 heteroatoms. The van der Waals surface area contributed by atoms with Gasteiger partial charge in [0.15, 0.2) is 0 Å². The minimum Gasteiger partial charge on any atom is -0.318 e. The molecule has 16 heavy (non-hydrogen) atoms. The van der Waals surface area contributed by atoms with Crippen molar-refractivity contribution in [2.75, 3.05) is 5.32 Å². The van der Waals surface area contributed by atoms with E-state index < -0.39 is 29.1 Å². The van der Waals surface area contributed by atoms with Gasteiger partial charge in [-0.25, -0.2) is 0 Å². The molecule has 1 N–H and O–H groups in total. The summed E-state index contributed by atoms with van der Waals surface area (Å²) < 4.78 is 38.1. The number of rotatable bonds is 0. The molecule has 1 aromatic rings. The zero-order chi connectivity index (χ0) is 12.1. The van der Waals surface area contributed by atoms with Gasteiger partial charge in [-0.1, -0.05) is 0 Å². The molecule has 0 aliphatic carbocycles. The fourth-order valence-corrected chi connectivity index (χ4v) is 2.06. The van der Waals surface area contributed by atoms with Gasteiger partial charge in [0.2, 0.25) is 0 Å². The van der Waals surface area contributed by atoms with Crippen LogP contribution in [0.25, 0.3) is 0 Å². The van der Waals surface area contributed by atoms with Crippen LogP contribution in [0, 0.1) is 3.57 Å². The van der Waals surface area contributed by atoms with Crippen LogP contribution in [0.15, 0.2) is 12.1 Å². The number of carbonyl (C=O) groups is 2. The van der Waals surface area contributed by atoms with E-state index in [1.54, 1.807) is 22.6 Å². The first-order chi connectivity index (χ1) is 7.30. The molecule has 0 fully saturated rings. The van der Waals surface area contributed by atoms with Crippen LogP contribution in [0.5, 0.6) is 0 Å². The van der Waals surface area contributed by atoms with Gasteiger partial charge >= 0.3 is 6.18 Å². The highest BCUT2D eigenvalue weighted by molar-refractivity contribution is 14.1. The Labute approximate surface area is 101 Å². The normalized spacial score (nSPS) is 15.0. The smallest absolute Gasteiger partial charge is 0.318 e. The molecule has 2 rings (SSSR count). The van der Waals surface area contributed by atoms with Gasteiger partial charge in [-0.2, -0.15) is 13.2 Å². The fraction of sp³-hybridized carbons (Fsp3) is 0.111. The molecule has 1 aliphatic rings. The summed E-state index contributed by atoms with van der Waals surface area (Å²) in [7, 11) is 0. The van der Waals surface area contributed by atoms with Gasteiger partial charge < -0.3 is 5.32 Å². The molecule has 1 aliphatic heterocycles. The van der Waals surface area contributed by atoms with Gasteiger partial charge in [-0.05, 0) is 34.7 Å². The van der Waals surface area contributed by atoms with Crippen molar-refractivity contribution in [2.45, 2.75) is 6.18 Å². The van der Waals surface area contributed by atoms with Crippen LogP contribution >= 0.6 is 22.6 Å². The van der Waals surface area contributed by atoms with E-state index in [2.05, 4.69) is 0 Å². The lowest BCUT2D eigenvalue weighted by atomic mass is 10.1. The van der Waals surface area contributed by atoms with Crippen molar-refractivity contribution in [1.82, 2.24) is 0 Å². The molecule has 0 radical (unpaired) electrons. The average Bonchev–Trinajstić information content (AvgIpc) is 2.42. The number of amides is 1. The summed E-state index contributed by atoms with van der Waals surface area (Å²) in [6, 6.07) is 2.14. The van der Waals surface area contributed by atoms with Gasteiger partial charge in [-0.15, -0.1) is 0 Å². The zero-order valence-corrected chi connectivity index (χ0v) is 9.64. The molecule has 3 nitrogen and oxygen atoms in total. The summed E-state index contributed by atoms with van der Waals surface area (Å²) in [4.78, 5) is 22.2. The third-order valence-corrected chi connectivity index (χ3v) is 2.72. The largest absolute Gasteiger partial charge is 0.418 e. The Bertz CT molecular complexity index is 510. The van der Waals surface area contributed by atoms with E-state index in [0.29, 0.717) is 0 Å². The minimum absolute atomic E-state index is 0.218. The quantitative estimate of drug-likeness (QED) is 0.582. The summed E-state index contributed by atoms with van der Waals surface area (Å²) in [5.74, 6) is -1.96. The van der Waals surface area contributed by atoms with E-state index in [1.807, 2.05) is 5.32 Å². The van der Waals surface area contributed by atoms with Crippen LogP contribution in [0.4, 0.5) is 18.9 Å². The van der Waals surface area contributed by atoms with Crippen molar-refractivity contribution in [3.05, 3.63) is 26.8 Å². The Kier molecular flexibility index (Phi) is 2.44. The first-order valence-electron chi connectivity index (χ1n) is 4.07. The number of halogens is 4. The average molecular weight is 341 g/mol. The lowest BCUT2D eigenvalue weighted by Gasteiger charge is -2.11. The second kappa shape index (κ2) is 3.44. The third kappa shape index (κ3) is 1.68. The number of anilines is 1. The highest BCUT2D eigenvalue weighted by atomic mass is 127. The highest BCUT2D eigenvalue weighted by Crippen LogP contribution is 2.40. The predicted octanol–water partition coefficient (Wildman–Crippen LogP) is 2.44. The molecular weight excluding hydrogens is 338 g/mol. The fourth-order valence-electron chi connectivity index (χ4n) is 1.44. The Morgan fingerprint density at radius 1 is 1.19 bits per heavy atom. The topological polar surface area (TPSA) is 46.2 Å². The summed E-state index contributed by atoms with van der Waals surface area (Å²) in [5.41, 5.74) is -1.65. The van der Waals surface area contributed by atoms with Gasteiger partial charge in [0, 0.05) is 3.57 Å². The maximum atomic E-state index is 12.6. The Morgan fingerprint density at radius 3 is 2.38 bits per heavy atom. The van der Waals surface area contributed by atoms with Crippen molar-refractivity contribution in [2.24, 2.45) is 0 Å². The summed E-state index contributed by atoms with van der Waals surface area (Å²) in [6.07, 6.45) is -4.59. The SMILES string of the molecule is O=C1Nc2c(cc(I)cc2C(F)(F)F)C1=O. The van der Waals surface area contributed by atoms with Crippen LogP contribution < -0.4 is 5.32 Å². The molecule has 1 heterocycles. The second-order valence-corrected chi connectivity index (χ2v) is 4.40. The van der Waals surface area contributed by atoms with Crippen molar-refractivity contribution in [3.8, 4) is 0 Å². The van der Waals surface area contributed by atoms with Crippen LogP contribution in [-0.2, 0) is 11.0 Å². The molecule has 84 valence electrons. The van der Waals surface area contributed by atoms with Crippen LogP contribution in [-0.4, -0.2) is 11.7 Å². The Hall–Kier alpha value is -1.12. The standard InChI is InChI=1S/C9H3F3INO2/c10-9(11,12)5-2-3(13)1-4-6(5)14-8(16)7(4)15/h1-2H,(H,14,15,16). The van der Waals surface area contributed by atoms with E-state index >= 15 is 0 Å². The molecule has 0 atom stereocenters. The molecular formula is C9H3F3INO2. The van der Waals surface area contributed by atoms with E-state index in [4.69, 9.17) is 0 Å². The third-order valence-electron chi connectivity index (χ3n) is 2.10. The molecule has 0 saturated heterocycles. The summed E-state index contributed by atoms with van der Waals surface area (Å²) in [6.45, 7) is 0. The number of fused-ring (bicyclic) bond motifs is 1. The number of benzene rings is 1. The highest BCUT2D eigenvalue weighted by Gasteiger charge is 2.40. The zero-order valence-electron chi connectivity index (χ0n) is 7.48.